The maximum Gasteiger partial charge on any atom is 0.299 e. The van der Waals surface area contributed by atoms with Crippen molar-refractivity contribution in [3.8, 4) is 6.01 Å². The van der Waals surface area contributed by atoms with Gasteiger partial charge in [-0.25, -0.2) is 18.4 Å². The molecule has 3 aliphatic rings. The average Bonchev–Trinajstić information content (AvgIpc) is 3.63. The number of aromatic nitrogens is 4. The number of amides is 2. The zero-order valence-corrected chi connectivity index (χ0v) is 21.3. The summed E-state index contributed by atoms with van der Waals surface area (Å²) in [5, 5.41) is 5.93. The Morgan fingerprint density at radius 1 is 1.36 bits per heavy atom. The second-order valence-corrected chi connectivity index (χ2v) is 12.6. The lowest BCUT2D eigenvalue weighted by Gasteiger charge is -2.22. The summed E-state index contributed by atoms with van der Waals surface area (Å²) >= 11 is 0. The maximum absolute atomic E-state index is 13.1. The van der Waals surface area contributed by atoms with Gasteiger partial charge in [-0.2, -0.15) is 4.98 Å². The molecule has 2 aliphatic carbocycles. The third kappa shape index (κ3) is 4.13. The van der Waals surface area contributed by atoms with Gasteiger partial charge >= 0.3 is 0 Å². The lowest BCUT2D eigenvalue weighted by Crippen LogP contribution is -2.56. The maximum atomic E-state index is 13.1. The van der Waals surface area contributed by atoms with Crippen molar-refractivity contribution in [2.45, 2.75) is 74.9 Å². The molecule has 0 spiro atoms. The Morgan fingerprint density at radius 2 is 2.11 bits per heavy atom. The summed E-state index contributed by atoms with van der Waals surface area (Å²) in [7, 11) is -3.82. The predicted molar refractivity (Wildman–Crippen MR) is 130 cm³/mol. The normalized spacial score (nSPS) is 28.6. The Kier molecular flexibility index (Phi) is 5.82. The number of sulfonamides is 1. The highest BCUT2D eigenvalue weighted by Crippen LogP contribution is 2.47. The van der Waals surface area contributed by atoms with E-state index in [-0.39, 0.29) is 24.0 Å². The molecule has 194 valence electrons. The number of hydrogen-bond donors (Lipinski definition) is 3. The van der Waals surface area contributed by atoms with Crippen LogP contribution in [0.2, 0.25) is 0 Å². The molecule has 0 unspecified atom stereocenters. The van der Waals surface area contributed by atoms with Crippen LogP contribution in [0, 0.1) is 5.92 Å². The zero-order chi connectivity index (χ0) is 25.9. The molecule has 3 fully saturated rings. The molecule has 0 radical (unpaired) electrons. The minimum atomic E-state index is -3.82. The molecule has 0 bridgehead atoms. The summed E-state index contributed by atoms with van der Waals surface area (Å²) in [4.78, 5) is 39.0. The summed E-state index contributed by atoms with van der Waals surface area (Å²) in [6.45, 7) is 9.74. The van der Waals surface area contributed by atoms with E-state index in [4.69, 9.17) is 4.74 Å². The molecule has 4 atom stereocenters. The van der Waals surface area contributed by atoms with Gasteiger partial charge in [0.2, 0.25) is 15.9 Å². The number of nitrogens with zero attached hydrogens (tertiary/aromatic N) is 4. The lowest BCUT2D eigenvalue weighted by atomic mass is 10.1. The molecule has 36 heavy (non-hydrogen) atoms. The van der Waals surface area contributed by atoms with Gasteiger partial charge in [-0.05, 0) is 40.0 Å². The van der Waals surface area contributed by atoms with Crippen molar-refractivity contribution in [2.24, 2.45) is 5.92 Å². The number of carbonyl (C=O) groups excluding carboxylic acids is 2. The van der Waals surface area contributed by atoms with Crippen LogP contribution in [0.4, 0.5) is 0 Å². The van der Waals surface area contributed by atoms with E-state index in [0.29, 0.717) is 49.4 Å². The molecule has 2 aromatic rings. The molecular formula is C23H31N7O5S. The smallest absolute Gasteiger partial charge is 0.299 e. The Labute approximate surface area is 209 Å². The van der Waals surface area contributed by atoms with E-state index in [1.54, 1.807) is 19.2 Å². The zero-order valence-electron chi connectivity index (χ0n) is 20.5. The molecule has 3 N–H and O–H groups in total. The molecule has 0 aromatic carbocycles. The standard InChI is InChI=1S/C23H31N7O5S/c1-5-14-9-23(14,20(32)29-36(33,34)22(4)6-7-22)28-19(31)16-8-15(10-25-16)35-21-27-17-11-24-12-26-18(17)30(21)13(2)3/h5,11-16,25H,1,6-10H2,2-4H3,(H,28,31)(H,29,32)/t14-,15-,16+,23-/m1/s1. The topological polar surface area (TPSA) is 157 Å². The van der Waals surface area contributed by atoms with Gasteiger partial charge in [-0.3, -0.25) is 18.9 Å². The van der Waals surface area contributed by atoms with Crippen molar-refractivity contribution >= 4 is 33.0 Å². The van der Waals surface area contributed by atoms with Crippen LogP contribution in [-0.2, 0) is 19.6 Å². The highest BCUT2D eigenvalue weighted by molar-refractivity contribution is 7.91. The van der Waals surface area contributed by atoms with Crippen LogP contribution in [0.15, 0.2) is 25.2 Å². The van der Waals surface area contributed by atoms with Gasteiger partial charge < -0.3 is 15.4 Å². The lowest BCUT2D eigenvalue weighted by molar-refractivity contribution is -0.130. The van der Waals surface area contributed by atoms with Crippen LogP contribution in [0.25, 0.3) is 11.2 Å². The molecule has 2 amide bonds. The van der Waals surface area contributed by atoms with E-state index in [1.165, 1.54) is 6.33 Å². The first kappa shape index (κ1) is 24.6. The third-order valence-electron chi connectivity index (χ3n) is 7.40. The van der Waals surface area contributed by atoms with Crippen LogP contribution in [0.3, 0.4) is 0 Å². The second-order valence-electron chi connectivity index (χ2n) is 10.4. The largest absolute Gasteiger partial charge is 0.460 e. The van der Waals surface area contributed by atoms with Gasteiger partial charge in [0.05, 0.1) is 17.0 Å². The van der Waals surface area contributed by atoms with Crippen LogP contribution in [0.1, 0.15) is 52.5 Å². The van der Waals surface area contributed by atoms with Crippen molar-refractivity contribution in [1.82, 2.24) is 34.9 Å². The number of carbonyl (C=O) groups is 2. The number of fused-ring (bicyclic) bond motifs is 1. The quantitative estimate of drug-likeness (QED) is 0.405. The molecule has 1 saturated heterocycles. The fourth-order valence-electron chi connectivity index (χ4n) is 4.64. The number of nitrogens with one attached hydrogen (secondary N) is 3. The van der Waals surface area contributed by atoms with E-state index in [2.05, 4.69) is 36.9 Å². The van der Waals surface area contributed by atoms with E-state index in [1.807, 2.05) is 18.4 Å². The summed E-state index contributed by atoms with van der Waals surface area (Å²) < 4.78 is 34.4. The van der Waals surface area contributed by atoms with Crippen LogP contribution in [-0.4, -0.2) is 68.7 Å². The molecule has 2 aromatic heterocycles. The Morgan fingerprint density at radius 3 is 2.75 bits per heavy atom. The Bertz CT molecular complexity index is 1340. The van der Waals surface area contributed by atoms with Crippen LogP contribution in [0.5, 0.6) is 6.01 Å². The van der Waals surface area contributed by atoms with Crippen molar-refractivity contribution < 1.29 is 22.7 Å². The number of rotatable bonds is 9. The molecule has 5 rings (SSSR count). The average molecular weight is 518 g/mol. The summed E-state index contributed by atoms with van der Waals surface area (Å²) in [6, 6.07) is -0.163. The minimum absolute atomic E-state index is 0.0478. The molecular weight excluding hydrogens is 486 g/mol. The number of ether oxygens (including phenoxy) is 1. The van der Waals surface area contributed by atoms with Gasteiger partial charge in [0, 0.05) is 24.9 Å². The van der Waals surface area contributed by atoms with Gasteiger partial charge in [0.1, 0.15) is 23.5 Å². The monoisotopic (exact) mass is 517 g/mol. The first-order valence-electron chi connectivity index (χ1n) is 12.1. The summed E-state index contributed by atoms with van der Waals surface area (Å²) in [5.74, 6) is -1.45. The summed E-state index contributed by atoms with van der Waals surface area (Å²) in [5.41, 5.74) is -0.0294. The molecule has 12 nitrogen and oxygen atoms in total. The minimum Gasteiger partial charge on any atom is -0.460 e. The molecule has 2 saturated carbocycles. The van der Waals surface area contributed by atoms with Gasteiger partial charge in [0.25, 0.3) is 11.9 Å². The fourth-order valence-corrected chi connectivity index (χ4v) is 5.95. The van der Waals surface area contributed by atoms with E-state index in [9.17, 15) is 18.0 Å². The number of hydrogen-bond acceptors (Lipinski definition) is 9. The summed E-state index contributed by atoms with van der Waals surface area (Å²) in [6.07, 6.45) is 5.97. The molecule has 13 heteroatoms. The predicted octanol–water partition coefficient (Wildman–Crippen LogP) is 0.576. The van der Waals surface area contributed by atoms with Crippen molar-refractivity contribution in [1.29, 1.82) is 0 Å². The first-order chi connectivity index (χ1) is 17.0. The molecule has 3 heterocycles. The van der Waals surface area contributed by atoms with Gasteiger partial charge in [-0.1, -0.05) is 6.08 Å². The fraction of sp³-hybridized carbons (Fsp3) is 0.609. The van der Waals surface area contributed by atoms with Crippen molar-refractivity contribution in [3.63, 3.8) is 0 Å². The van der Waals surface area contributed by atoms with Crippen molar-refractivity contribution in [2.75, 3.05) is 6.54 Å². The van der Waals surface area contributed by atoms with Crippen LogP contribution < -0.4 is 20.1 Å². The Balaban J connectivity index is 1.25. The van der Waals surface area contributed by atoms with E-state index in [0.717, 1.165) is 0 Å². The van der Waals surface area contributed by atoms with Crippen molar-refractivity contribution in [3.05, 3.63) is 25.2 Å². The van der Waals surface area contributed by atoms with Crippen LogP contribution >= 0.6 is 0 Å². The van der Waals surface area contributed by atoms with Gasteiger partial charge in [-0.15, -0.1) is 6.58 Å². The molecule has 1 aliphatic heterocycles. The second kappa shape index (κ2) is 8.51. The van der Waals surface area contributed by atoms with E-state index >= 15 is 0 Å². The van der Waals surface area contributed by atoms with Gasteiger partial charge in [0.15, 0.2) is 5.65 Å². The van der Waals surface area contributed by atoms with E-state index < -0.39 is 32.3 Å². The third-order valence-corrected chi connectivity index (χ3v) is 9.56. The highest BCUT2D eigenvalue weighted by Gasteiger charge is 2.62. The number of imidazole rings is 1. The Hall–Kier alpha value is -3.06. The highest BCUT2D eigenvalue weighted by atomic mass is 32.2. The SMILES string of the molecule is C=C[C@@H]1C[C@]1(NC(=O)[C@@H]1C[C@@H](Oc2nc3cncnc3n2C(C)C)CN1)C(=O)NS(=O)(=O)C1(C)CC1. The first-order valence-corrected chi connectivity index (χ1v) is 13.6.